The quantitative estimate of drug-likeness (QED) is 0.413. The van der Waals surface area contributed by atoms with Crippen LogP contribution in [0.5, 0.6) is 0 Å². The minimum absolute atomic E-state index is 0.0138. The van der Waals surface area contributed by atoms with Crippen LogP contribution in [0.4, 0.5) is 4.79 Å². The van der Waals surface area contributed by atoms with Gasteiger partial charge in [-0.05, 0) is 0 Å². The van der Waals surface area contributed by atoms with Crippen molar-refractivity contribution < 1.29 is 19.1 Å². The molecule has 0 aliphatic heterocycles. The van der Waals surface area contributed by atoms with Crippen molar-refractivity contribution in [2.45, 2.75) is 6.92 Å². The fourth-order valence-corrected chi connectivity index (χ4v) is 0.320. The van der Waals surface area contributed by atoms with Crippen molar-refractivity contribution in [3.05, 3.63) is 0 Å². The first kappa shape index (κ1) is 8.74. The van der Waals surface area contributed by atoms with Crippen LogP contribution in [0.25, 0.3) is 0 Å². The van der Waals surface area contributed by atoms with E-state index >= 15 is 0 Å². The fraction of sp³-hybridized carbons (Fsp3) is 0.600. The van der Waals surface area contributed by atoms with Gasteiger partial charge in [0.15, 0.2) is 0 Å². The molecule has 10 heavy (non-hydrogen) atoms. The van der Waals surface area contributed by atoms with Gasteiger partial charge in [0.2, 0.25) is 0 Å². The summed E-state index contributed by atoms with van der Waals surface area (Å²) in [4.78, 5) is 19.9. The number of carbonyl (C=O) groups excluding carboxylic acids is 2. The molecule has 0 aromatic heterocycles. The smallest absolute Gasteiger partial charge is 0.426 e. The monoisotopic (exact) mass is 146 g/mol. The highest BCUT2D eigenvalue weighted by Crippen LogP contribution is 1.78. The SMILES string of the molecule is CC(=O)OCCOC([NH])=O. The van der Waals surface area contributed by atoms with Crippen LogP contribution in [0.1, 0.15) is 6.92 Å². The van der Waals surface area contributed by atoms with Gasteiger partial charge in [-0.2, -0.15) is 0 Å². The van der Waals surface area contributed by atoms with Crippen molar-refractivity contribution >= 4 is 12.1 Å². The summed E-state index contributed by atoms with van der Waals surface area (Å²) in [7, 11) is 0. The molecule has 0 aliphatic carbocycles. The molecule has 0 aromatic rings. The molecule has 0 rings (SSSR count). The van der Waals surface area contributed by atoms with Crippen molar-refractivity contribution in [3.8, 4) is 0 Å². The lowest BCUT2D eigenvalue weighted by molar-refractivity contribution is -0.141. The lowest BCUT2D eigenvalue weighted by Crippen LogP contribution is -2.11. The molecule has 5 heteroatoms. The van der Waals surface area contributed by atoms with Gasteiger partial charge in [0.05, 0.1) is 0 Å². The summed E-state index contributed by atoms with van der Waals surface area (Å²) >= 11 is 0. The van der Waals surface area contributed by atoms with E-state index in [1.807, 2.05) is 0 Å². The highest BCUT2D eigenvalue weighted by atomic mass is 16.6. The largest absolute Gasteiger partial charge is 0.462 e. The molecule has 0 aliphatic rings. The third-order valence-corrected chi connectivity index (χ3v) is 0.622. The number of ether oxygens (including phenoxy) is 2. The second kappa shape index (κ2) is 4.60. The summed E-state index contributed by atoms with van der Waals surface area (Å²) in [5.74, 6) is -0.430. The molecule has 0 fully saturated rings. The van der Waals surface area contributed by atoms with Gasteiger partial charge < -0.3 is 9.47 Å². The molecule has 5 nitrogen and oxygen atoms in total. The van der Waals surface area contributed by atoms with Crippen molar-refractivity contribution in [3.63, 3.8) is 0 Å². The predicted molar refractivity (Wildman–Crippen MR) is 31.1 cm³/mol. The molecule has 1 radical (unpaired) electrons. The average Bonchev–Trinajstić information content (AvgIpc) is 1.79. The van der Waals surface area contributed by atoms with E-state index in [0.717, 1.165) is 0 Å². The fourth-order valence-electron chi connectivity index (χ4n) is 0.320. The maximum atomic E-state index is 10.1. The Bertz CT molecular complexity index is 118. The number of hydrogen-bond acceptors (Lipinski definition) is 4. The summed E-state index contributed by atoms with van der Waals surface area (Å²) in [6.45, 7) is 1.21. The summed E-state index contributed by atoms with van der Waals surface area (Å²) in [6, 6.07) is 0. The third kappa shape index (κ3) is 6.74. The van der Waals surface area contributed by atoms with Crippen LogP contribution in [-0.4, -0.2) is 25.3 Å². The van der Waals surface area contributed by atoms with E-state index in [9.17, 15) is 9.59 Å². The second-order valence-corrected chi connectivity index (χ2v) is 1.48. The molecule has 1 amide bonds. The summed E-state index contributed by atoms with van der Waals surface area (Å²) in [6.07, 6.45) is -1.12. The molecule has 57 valence electrons. The zero-order valence-corrected chi connectivity index (χ0v) is 5.55. The minimum atomic E-state index is -1.12. The Morgan fingerprint density at radius 2 is 1.80 bits per heavy atom. The molecule has 0 saturated carbocycles. The van der Waals surface area contributed by atoms with Gasteiger partial charge in [-0.25, -0.2) is 10.5 Å². The van der Waals surface area contributed by atoms with Crippen LogP contribution < -0.4 is 5.73 Å². The number of carbonyl (C=O) groups is 2. The van der Waals surface area contributed by atoms with E-state index in [-0.39, 0.29) is 13.2 Å². The Hall–Kier alpha value is -1.26. The third-order valence-electron chi connectivity index (χ3n) is 0.622. The summed E-state index contributed by atoms with van der Waals surface area (Å²) in [5.41, 5.74) is 6.26. The topological polar surface area (TPSA) is 76.4 Å². The summed E-state index contributed by atoms with van der Waals surface area (Å²) in [5, 5.41) is 0. The van der Waals surface area contributed by atoms with Gasteiger partial charge >= 0.3 is 12.1 Å². The zero-order valence-electron chi connectivity index (χ0n) is 5.55. The molecular weight excluding hydrogens is 138 g/mol. The predicted octanol–water partition coefficient (Wildman–Crippen LogP) is -0.0310. The van der Waals surface area contributed by atoms with Crippen LogP contribution >= 0.6 is 0 Å². The Balaban J connectivity index is 3.06. The zero-order chi connectivity index (χ0) is 7.98. The number of amides is 1. The average molecular weight is 146 g/mol. The first-order chi connectivity index (χ1) is 4.63. The van der Waals surface area contributed by atoms with Crippen molar-refractivity contribution in [1.29, 1.82) is 0 Å². The minimum Gasteiger partial charge on any atom is -0.462 e. The highest BCUT2D eigenvalue weighted by Gasteiger charge is 1.95. The Morgan fingerprint density at radius 3 is 2.20 bits per heavy atom. The van der Waals surface area contributed by atoms with E-state index < -0.39 is 12.1 Å². The van der Waals surface area contributed by atoms with E-state index in [4.69, 9.17) is 5.73 Å². The van der Waals surface area contributed by atoms with Crippen LogP contribution in [0.2, 0.25) is 0 Å². The molecule has 0 aromatic carbocycles. The van der Waals surface area contributed by atoms with Gasteiger partial charge in [0, 0.05) is 6.92 Å². The van der Waals surface area contributed by atoms with Gasteiger partial charge in [-0.3, -0.25) is 4.79 Å². The molecule has 1 N–H and O–H groups in total. The van der Waals surface area contributed by atoms with Gasteiger partial charge in [0.25, 0.3) is 0 Å². The maximum Gasteiger partial charge on any atom is 0.426 e. The first-order valence-corrected chi connectivity index (χ1v) is 2.64. The van der Waals surface area contributed by atoms with Crippen LogP contribution in [0.3, 0.4) is 0 Å². The molecule has 0 saturated heterocycles. The number of hydrogen-bond donors (Lipinski definition) is 0. The number of rotatable bonds is 3. The van der Waals surface area contributed by atoms with Gasteiger partial charge in [0.1, 0.15) is 13.2 Å². The van der Waals surface area contributed by atoms with Crippen molar-refractivity contribution in [2.24, 2.45) is 0 Å². The number of nitrogens with one attached hydrogen (secondary N) is 1. The second-order valence-electron chi connectivity index (χ2n) is 1.48. The molecule has 0 unspecified atom stereocenters. The maximum absolute atomic E-state index is 10.1. The first-order valence-electron chi connectivity index (χ1n) is 2.64. The van der Waals surface area contributed by atoms with Gasteiger partial charge in [-0.15, -0.1) is 0 Å². The number of esters is 1. The molecule has 0 spiro atoms. The molecule has 0 bridgehead atoms. The van der Waals surface area contributed by atoms with Crippen LogP contribution in [-0.2, 0) is 14.3 Å². The summed E-state index contributed by atoms with van der Waals surface area (Å²) < 4.78 is 8.54. The highest BCUT2D eigenvalue weighted by molar-refractivity contribution is 5.66. The van der Waals surface area contributed by atoms with Crippen molar-refractivity contribution in [1.82, 2.24) is 5.73 Å². The molecular formula is C5H8NO4. The normalized spacial score (nSPS) is 8.50. The lowest BCUT2D eigenvalue weighted by atomic mass is 10.7. The van der Waals surface area contributed by atoms with Crippen LogP contribution in [0.15, 0.2) is 0 Å². The Morgan fingerprint density at radius 1 is 1.30 bits per heavy atom. The van der Waals surface area contributed by atoms with E-state index in [0.29, 0.717) is 0 Å². The lowest BCUT2D eigenvalue weighted by Gasteiger charge is -1.99. The molecule has 0 heterocycles. The van der Waals surface area contributed by atoms with E-state index in [2.05, 4.69) is 9.47 Å². The standard InChI is InChI=1S/C5H8NO4/c1-4(7)9-2-3-10-5(6)8/h6H,2-3H2,1H3. The van der Waals surface area contributed by atoms with Crippen molar-refractivity contribution in [2.75, 3.05) is 13.2 Å². The van der Waals surface area contributed by atoms with E-state index in [1.54, 1.807) is 0 Å². The molecule has 0 atom stereocenters. The Labute approximate surface area is 58.1 Å². The van der Waals surface area contributed by atoms with Crippen LogP contribution in [0, 0.1) is 0 Å². The Kier molecular flexibility index (Phi) is 4.02. The van der Waals surface area contributed by atoms with E-state index in [1.165, 1.54) is 6.92 Å². The van der Waals surface area contributed by atoms with Gasteiger partial charge in [-0.1, -0.05) is 0 Å².